The molecule has 1 aliphatic rings. The van der Waals surface area contributed by atoms with Crippen molar-refractivity contribution in [2.75, 3.05) is 45.3 Å². The number of amides is 2. The number of ether oxygens (including phenoxy) is 3. The smallest absolute Gasteiger partial charge is 0.410 e. The van der Waals surface area contributed by atoms with Crippen LogP contribution in [0, 0.1) is 5.92 Å². The number of anilines is 1. The number of rotatable bonds is 12. The maximum absolute atomic E-state index is 13.1. The summed E-state index contributed by atoms with van der Waals surface area (Å²) in [4.78, 5) is 36.7. The first-order valence-corrected chi connectivity index (χ1v) is 17.4. The molecule has 0 bridgehead atoms. The van der Waals surface area contributed by atoms with Crippen LogP contribution in [0.1, 0.15) is 44.5 Å². The van der Waals surface area contributed by atoms with Crippen molar-refractivity contribution in [3.63, 3.8) is 0 Å². The van der Waals surface area contributed by atoms with Gasteiger partial charge in [-0.3, -0.25) is 4.79 Å². The van der Waals surface area contributed by atoms with Crippen LogP contribution in [-0.2, 0) is 20.9 Å². The largest absolute Gasteiger partial charge is 0.444 e. The molecular weight excluding hydrogens is 516 g/mol. The molecule has 2 atom stereocenters. The van der Waals surface area contributed by atoms with Gasteiger partial charge in [-0.25, -0.2) is 14.8 Å². The second-order valence-corrected chi connectivity index (χ2v) is 18.2. The molecule has 1 fully saturated rings. The quantitative estimate of drug-likeness (QED) is 0.292. The molecule has 2 N–H and O–H groups in total. The number of nitrogens with one attached hydrogen (secondary N) is 2. The van der Waals surface area contributed by atoms with Gasteiger partial charge in [0.2, 0.25) is 0 Å². The highest BCUT2D eigenvalue weighted by Gasteiger charge is 2.30. The van der Waals surface area contributed by atoms with Gasteiger partial charge in [-0.15, -0.1) is 0 Å². The first-order chi connectivity index (χ1) is 18.3. The summed E-state index contributed by atoms with van der Waals surface area (Å²) in [5.74, 6) is 0.604. The highest BCUT2D eigenvalue weighted by atomic mass is 28.3. The van der Waals surface area contributed by atoms with Crippen LogP contribution in [0.25, 0.3) is 11.2 Å². The highest BCUT2D eigenvalue weighted by Crippen LogP contribution is 2.23. The second kappa shape index (κ2) is 13.1. The summed E-state index contributed by atoms with van der Waals surface area (Å²) in [6.07, 6.45) is 4.03. The molecule has 11 nitrogen and oxygen atoms in total. The Hall–Kier alpha value is -2.70. The van der Waals surface area contributed by atoms with E-state index in [-0.39, 0.29) is 24.0 Å². The van der Waals surface area contributed by atoms with Crippen LogP contribution in [0.4, 0.5) is 10.6 Å². The van der Waals surface area contributed by atoms with Gasteiger partial charge in [-0.1, -0.05) is 19.6 Å². The van der Waals surface area contributed by atoms with Gasteiger partial charge in [0.15, 0.2) is 5.65 Å². The number of aromatic nitrogens is 3. The molecule has 1 aliphatic heterocycles. The van der Waals surface area contributed by atoms with Gasteiger partial charge in [0, 0.05) is 53.7 Å². The van der Waals surface area contributed by atoms with E-state index >= 15 is 0 Å². The predicted molar refractivity (Wildman–Crippen MR) is 155 cm³/mol. The summed E-state index contributed by atoms with van der Waals surface area (Å²) in [6.45, 7) is 17.7. The van der Waals surface area contributed by atoms with Crippen molar-refractivity contribution in [3.05, 3.63) is 18.0 Å². The van der Waals surface area contributed by atoms with Gasteiger partial charge in [-0.05, 0) is 46.1 Å². The van der Waals surface area contributed by atoms with Crippen LogP contribution in [0.15, 0.2) is 12.4 Å². The van der Waals surface area contributed by atoms with Crippen LogP contribution >= 0.6 is 0 Å². The Labute approximate surface area is 233 Å². The Kier molecular flexibility index (Phi) is 10.4. The molecule has 218 valence electrons. The van der Waals surface area contributed by atoms with Crippen LogP contribution in [-0.4, -0.2) is 91.1 Å². The number of methoxy groups -OCH3 is 1. The molecule has 1 unspecified atom stereocenters. The number of carbonyl (C=O) groups excluding carboxylic acids is 2. The minimum Gasteiger partial charge on any atom is -0.444 e. The van der Waals surface area contributed by atoms with E-state index in [1.807, 2.05) is 32.3 Å². The SMILES string of the molecule is COC[C@H](C)NC(=O)c1cn(COCC[Si](C)(C)C)c2ncc(NCC3CCN(C(=O)OC(C)(C)C)C3)nc12. The van der Waals surface area contributed by atoms with E-state index in [2.05, 4.69) is 35.3 Å². The summed E-state index contributed by atoms with van der Waals surface area (Å²) in [5.41, 5.74) is 1.03. The van der Waals surface area contributed by atoms with E-state index in [4.69, 9.17) is 19.2 Å². The maximum atomic E-state index is 13.1. The fraction of sp³-hybridized carbons (Fsp3) is 0.704. The molecule has 0 aliphatic carbocycles. The molecule has 0 spiro atoms. The van der Waals surface area contributed by atoms with Crippen molar-refractivity contribution in [3.8, 4) is 0 Å². The first-order valence-electron chi connectivity index (χ1n) is 13.7. The standard InChI is InChI=1S/C27H46N6O5Si/c1-19(17-36-5)30-25(34)21-16-33(18-37-11-12-39(6,7)8)24-23(21)31-22(14-29-24)28-13-20-9-10-32(15-20)26(35)38-27(2,3)4/h14,16,19-20H,9-13,15,17-18H2,1-8H3,(H,28,31)(H,30,34)/t19-,20?/m0/s1. The van der Waals surface area contributed by atoms with Crippen molar-refractivity contribution in [2.45, 2.75) is 78.2 Å². The van der Waals surface area contributed by atoms with Crippen LogP contribution in [0.3, 0.4) is 0 Å². The lowest BCUT2D eigenvalue weighted by Gasteiger charge is -2.24. The van der Waals surface area contributed by atoms with Crippen LogP contribution < -0.4 is 10.6 Å². The van der Waals surface area contributed by atoms with Crippen molar-refractivity contribution >= 4 is 37.1 Å². The van der Waals surface area contributed by atoms with Gasteiger partial charge < -0.3 is 34.3 Å². The Morgan fingerprint density at radius 3 is 2.67 bits per heavy atom. The lowest BCUT2D eigenvalue weighted by molar-refractivity contribution is 0.0289. The number of hydrogen-bond donors (Lipinski definition) is 2. The van der Waals surface area contributed by atoms with Crippen molar-refractivity contribution in [1.29, 1.82) is 0 Å². The van der Waals surface area contributed by atoms with E-state index in [0.717, 1.165) is 12.5 Å². The van der Waals surface area contributed by atoms with E-state index in [0.29, 0.717) is 62.1 Å². The monoisotopic (exact) mass is 562 g/mol. The van der Waals surface area contributed by atoms with Crippen molar-refractivity contribution in [1.82, 2.24) is 24.8 Å². The summed E-state index contributed by atoms with van der Waals surface area (Å²) in [7, 11) is 0.391. The maximum Gasteiger partial charge on any atom is 0.410 e. The molecule has 0 saturated carbocycles. The predicted octanol–water partition coefficient (Wildman–Crippen LogP) is 4.18. The minimum absolute atomic E-state index is 0.154. The zero-order chi connectivity index (χ0) is 28.8. The summed E-state index contributed by atoms with van der Waals surface area (Å²) >= 11 is 0. The molecule has 2 aromatic rings. The average Bonchev–Trinajstić information content (AvgIpc) is 3.44. The zero-order valence-corrected chi connectivity index (χ0v) is 25.8. The van der Waals surface area contributed by atoms with E-state index in [9.17, 15) is 9.59 Å². The third kappa shape index (κ3) is 9.47. The van der Waals surface area contributed by atoms with Gasteiger partial charge in [-0.2, -0.15) is 0 Å². The van der Waals surface area contributed by atoms with E-state index in [1.165, 1.54) is 0 Å². The molecule has 12 heteroatoms. The number of likely N-dealkylation sites (tertiary alicyclic amines) is 1. The lowest BCUT2D eigenvalue weighted by Crippen LogP contribution is -2.35. The van der Waals surface area contributed by atoms with Crippen LogP contribution in [0.5, 0.6) is 0 Å². The van der Waals surface area contributed by atoms with Crippen molar-refractivity contribution in [2.24, 2.45) is 5.92 Å². The van der Waals surface area contributed by atoms with Gasteiger partial charge in [0.25, 0.3) is 5.91 Å². The number of carbonyl (C=O) groups is 2. The summed E-state index contributed by atoms with van der Waals surface area (Å²) in [5, 5.41) is 6.32. The second-order valence-electron chi connectivity index (χ2n) is 12.6. The molecule has 3 rings (SSSR count). The zero-order valence-electron chi connectivity index (χ0n) is 24.8. The highest BCUT2D eigenvalue weighted by molar-refractivity contribution is 6.76. The molecule has 0 aromatic carbocycles. The fourth-order valence-electron chi connectivity index (χ4n) is 4.28. The third-order valence-electron chi connectivity index (χ3n) is 6.34. The first kappa shape index (κ1) is 30.8. The van der Waals surface area contributed by atoms with E-state index in [1.54, 1.807) is 24.4 Å². The van der Waals surface area contributed by atoms with Gasteiger partial charge in [0.1, 0.15) is 23.7 Å². The number of hydrogen-bond acceptors (Lipinski definition) is 8. The molecular formula is C27H46N6O5Si. The summed E-state index contributed by atoms with van der Waals surface area (Å²) in [6, 6.07) is 0.902. The topological polar surface area (TPSA) is 120 Å². The molecule has 1 saturated heterocycles. The molecule has 3 heterocycles. The average molecular weight is 563 g/mol. The summed E-state index contributed by atoms with van der Waals surface area (Å²) < 4.78 is 18.4. The minimum atomic E-state index is -1.21. The van der Waals surface area contributed by atoms with Crippen molar-refractivity contribution < 1.29 is 23.8 Å². The fourth-order valence-corrected chi connectivity index (χ4v) is 5.03. The Bertz CT molecular complexity index is 1130. The number of nitrogens with zero attached hydrogens (tertiary/aromatic N) is 4. The number of fused-ring (bicyclic) bond motifs is 1. The normalized spacial score (nSPS) is 16.9. The Morgan fingerprint density at radius 1 is 1.26 bits per heavy atom. The molecule has 2 aromatic heterocycles. The van der Waals surface area contributed by atoms with Gasteiger partial charge >= 0.3 is 6.09 Å². The molecule has 2 amide bonds. The van der Waals surface area contributed by atoms with Crippen LogP contribution in [0.2, 0.25) is 25.7 Å². The van der Waals surface area contributed by atoms with E-state index < -0.39 is 13.7 Å². The van der Waals surface area contributed by atoms with Gasteiger partial charge in [0.05, 0.1) is 18.4 Å². The lowest BCUT2D eigenvalue weighted by atomic mass is 10.1. The Morgan fingerprint density at radius 2 is 2.00 bits per heavy atom. The Balaban J connectivity index is 1.71. The molecule has 39 heavy (non-hydrogen) atoms. The third-order valence-corrected chi connectivity index (χ3v) is 8.04. The molecule has 0 radical (unpaired) electrons.